The van der Waals surface area contributed by atoms with Gasteiger partial charge in [0.05, 0.1) is 5.76 Å². The first-order valence-electron chi connectivity index (χ1n) is 3.27. The first-order valence-corrected chi connectivity index (χ1v) is 3.27. The van der Waals surface area contributed by atoms with E-state index in [9.17, 15) is 0 Å². The molecule has 0 atom stereocenters. The van der Waals surface area contributed by atoms with E-state index in [2.05, 4.69) is 5.32 Å². The topological polar surface area (TPSA) is 32.3 Å². The Morgan fingerprint density at radius 3 is 3.00 bits per heavy atom. The van der Waals surface area contributed by atoms with Crippen LogP contribution in [0.5, 0.6) is 0 Å². The number of aliphatic hydroxyl groups is 1. The summed E-state index contributed by atoms with van der Waals surface area (Å²) in [4.78, 5) is 0. The van der Waals surface area contributed by atoms with Gasteiger partial charge in [0, 0.05) is 19.2 Å². The molecule has 10 heavy (non-hydrogen) atoms. The summed E-state index contributed by atoms with van der Waals surface area (Å²) in [6, 6.07) is 0. The van der Waals surface area contributed by atoms with Gasteiger partial charge in [-0.1, -0.05) is 6.08 Å². The van der Waals surface area contributed by atoms with E-state index in [-0.39, 0.29) is 0 Å². The third kappa shape index (κ3) is 1.65. The van der Waals surface area contributed by atoms with Gasteiger partial charge < -0.3 is 10.4 Å². The number of rotatable bonds is 1. The predicted octanol–water partition coefficient (Wildman–Crippen LogP) is 1.49. The summed E-state index contributed by atoms with van der Waals surface area (Å²) in [5.41, 5.74) is 1.02. The van der Waals surface area contributed by atoms with Crippen molar-refractivity contribution in [1.29, 1.82) is 0 Å². The molecule has 0 aromatic rings. The normalized spacial score (nSPS) is 17.3. The van der Waals surface area contributed by atoms with Crippen LogP contribution in [0, 0.1) is 0 Å². The lowest BCUT2D eigenvalue weighted by atomic mass is 10.3. The third-order valence-corrected chi connectivity index (χ3v) is 1.37. The van der Waals surface area contributed by atoms with Gasteiger partial charge in [0.2, 0.25) is 0 Å². The fourth-order valence-corrected chi connectivity index (χ4v) is 0.783. The van der Waals surface area contributed by atoms with Crippen molar-refractivity contribution in [2.24, 2.45) is 0 Å². The molecule has 0 radical (unpaired) electrons. The monoisotopic (exact) mass is 137 g/mol. The van der Waals surface area contributed by atoms with Crippen LogP contribution in [0.1, 0.15) is 6.42 Å². The lowest BCUT2D eigenvalue weighted by molar-refractivity contribution is 0.402. The van der Waals surface area contributed by atoms with E-state index in [1.54, 1.807) is 6.08 Å². The Morgan fingerprint density at radius 1 is 1.50 bits per heavy atom. The third-order valence-electron chi connectivity index (χ3n) is 1.37. The molecule has 0 aliphatic heterocycles. The van der Waals surface area contributed by atoms with Crippen molar-refractivity contribution in [3.05, 3.63) is 35.8 Å². The molecule has 0 bridgehead atoms. The minimum Gasteiger partial charge on any atom is -0.512 e. The van der Waals surface area contributed by atoms with E-state index in [4.69, 9.17) is 5.11 Å². The summed E-state index contributed by atoms with van der Waals surface area (Å²) in [7, 11) is 1.85. The van der Waals surface area contributed by atoms with E-state index in [0.29, 0.717) is 12.2 Å². The minimum absolute atomic E-state index is 0.404. The highest BCUT2D eigenvalue weighted by molar-refractivity contribution is 5.27. The lowest BCUT2D eigenvalue weighted by Gasteiger charge is -1.94. The molecule has 1 aliphatic rings. The van der Waals surface area contributed by atoms with Gasteiger partial charge in [0.25, 0.3) is 0 Å². The maximum atomic E-state index is 9.04. The van der Waals surface area contributed by atoms with Crippen LogP contribution in [0.4, 0.5) is 0 Å². The van der Waals surface area contributed by atoms with Crippen molar-refractivity contribution in [2.75, 3.05) is 7.05 Å². The quantitative estimate of drug-likeness (QED) is 0.574. The first kappa shape index (κ1) is 6.93. The standard InChI is InChI=1S/C8H11NO/c1-9-7-3-2-4-8(10)6-5-7/h2-3,5-6,9-10H,4H2,1H3. The molecule has 2 heteroatoms. The molecule has 1 aliphatic carbocycles. The lowest BCUT2D eigenvalue weighted by Crippen LogP contribution is -2.01. The summed E-state index contributed by atoms with van der Waals surface area (Å²) in [6.45, 7) is 0. The van der Waals surface area contributed by atoms with Crippen molar-refractivity contribution in [1.82, 2.24) is 5.32 Å². The molecule has 2 nitrogen and oxygen atoms in total. The van der Waals surface area contributed by atoms with Crippen LogP contribution < -0.4 is 5.32 Å². The second-order valence-corrected chi connectivity index (χ2v) is 2.14. The number of hydrogen-bond donors (Lipinski definition) is 2. The largest absolute Gasteiger partial charge is 0.512 e. The summed E-state index contributed by atoms with van der Waals surface area (Å²) in [5, 5.41) is 12.0. The van der Waals surface area contributed by atoms with Gasteiger partial charge in [-0.3, -0.25) is 0 Å². The van der Waals surface area contributed by atoms with Gasteiger partial charge in [0.15, 0.2) is 0 Å². The highest BCUT2D eigenvalue weighted by atomic mass is 16.3. The summed E-state index contributed by atoms with van der Waals surface area (Å²) in [5.74, 6) is 0.404. The highest BCUT2D eigenvalue weighted by Crippen LogP contribution is 2.05. The highest BCUT2D eigenvalue weighted by Gasteiger charge is 1.93. The second-order valence-electron chi connectivity index (χ2n) is 2.14. The smallest absolute Gasteiger partial charge is 0.0961 e. The Balaban J connectivity index is 2.75. The van der Waals surface area contributed by atoms with Gasteiger partial charge in [0.1, 0.15) is 0 Å². The van der Waals surface area contributed by atoms with Gasteiger partial charge in [-0.15, -0.1) is 0 Å². The van der Waals surface area contributed by atoms with Crippen LogP contribution in [0.15, 0.2) is 35.8 Å². The maximum Gasteiger partial charge on any atom is 0.0961 e. The fraction of sp³-hybridized carbons (Fsp3) is 0.250. The maximum absolute atomic E-state index is 9.04. The Bertz CT molecular complexity index is 201. The van der Waals surface area contributed by atoms with Gasteiger partial charge in [-0.25, -0.2) is 0 Å². The molecule has 0 saturated carbocycles. The van der Waals surface area contributed by atoms with Crippen LogP contribution in [0.3, 0.4) is 0 Å². The fourth-order valence-electron chi connectivity index (χ4n) is 0.783. The molecule has 1 rings (SSSR count). The first-order chi connectivity index (χ1) is 4.83. The summed E-state index contributed by atoms with van der Waals surface area (Å²) < 4.78 is 0. The SMILES string of the molecule is CNC1=CC=C(O)CC=C1. The molecule has 0 aromatic heterocycles. The van der Waals surface area contributed by atoms with E-state index in [1.165, 1.54) is 0 Å². The molecule has 0 heterocycles. The molecule has 54 valence electrons. The zero-order chi connectivity index (χ0) is 7.40. The number of allylic oxidation sites excluding steroid dienone is 4. The predicted molar refractivity (Wildman–Crippen MR) is 41.6 cm³/mol. The number of nitrogens with one attached hydrogen (secondary N) is 1. The van der Waals surface area contributed by atoms with Gasteiger partial charge >= 0.3 is 0 Å². The van der Waals surface area contributed by atoms with Crippen LogP contribution in [-0.4, -0.2) is 12.2 Å². The number of hydrogen-bond acceptors (Lipinski definition) is 2. The average Bonchev–Trinajstić information content (AvgIpc) is 2.14. The van der Waals surface area contributed by atoms with E-state index in [1.807, 2.05) is 25.3 Å². The molecule has 0 aromatic carbocycles. The van der Waals surface area contributed by atoms with Crippen LogP contribution >= 0.6 is 0 Å². The number of likely N-dealkylation sites (N-methyl/N-ethyl adjacent to an activating group) is 1. The molecule has 2 N–H and O–H groups in total. The second kappa shape index (κ2) is 3.11. The molecular weight excluding hydrogens is 126 g/mol. The van der Waals surface area contributed by atoms with Crippen LogP contribution in [-0.2, 0) is 0 Å². The Hall–Kier alpha value is -1.18. The van der Waals surface area contributed by atoms with E-state index < -0.39 is 0 Å². The van der Waals surface area contributed by atoms with Crippen molar-refractivity contribution < 1.29 is 5.11 Å². The molecule has 0 unspecified atom stereocenters. The zero-order valence-electron chi connectivity index (χ0n) is 5.96. The van der Waals surface area contributed by atoms with E-state index in [0.717, 1.165) is 5.70 Å². The molecule has 0 fully saturated rings. The van der Waals surface area contributed by atoms with Crippen molar-refractivity contribution in [2.45, 2.75) is 6.42 Å². The molecule has 0 spiro atoms. The molecule has 0 amide bonds. The minimum atomic E-state index is 0.404. The summed E-state index contributed by atoms with van der Waals surface area (Å²) >= 11 is 0. The molecule has 0 saturated heterocycles. The molecular formula is C8H11NO. The van der Waals surface area contributed by atoms with Crippen molar-refractivity contribution in [3.8, 4) is 0 Å². The zero-order valence-corrected chi connectivity index (χ0v) is 5.96. The van der Waals surface area contributed by atoms with Gasteiger partial charge in [-0.2, -0.15) is 0 Å². The van der Waals surface area contributed by atoms with Crippen molar-refractivity contribution >= 4 is 0 Å². The Kier molecular flexibility index (Phi) is 2.15. The van der Waals surface area contributed by atoms with Crippen molar-refractivity contribution in [3.63, 3.8) is 0 Å². The summed E-state index contributed by atoms with van der Waals surface area (Å²) in [6.07, 6.45) is 8.03. The van der Waals surface area contributed by atoms with Crippen LogP contribution in [0.25, 0.3) is 0 Å². The van der Waals surface area contributed by atoms with Crippen LogP contribution in [0.2, 0.25) is 0 Å². The average molecular weight is 137 g/mol. The van der Waals surface area contributed by atoms with E-state index >= 15 is 0 Å². The van der Waals surface area contributed by atoms with Gasteiger partial charge in [-0.05, 0) is 18.2 Å². The Morgan fingerprint density at radius 2 is 2.30 bits per heavy atom. The number of aliphatic hydroxyl groups excluding tert-OH is 1. The Labute approximate surface area is 60.6 Å².